The fourth-order valence-corrected chi connectivity index (χ4v) is 3.31. The zero-order chi connectivity index (χ0) is 22.7. The Kier molecular flexibility index (Phi) is 5.42. The van der Waals surface area contributed by atoms with E-state index >= 15 is 0 Å². The largest absolute Gasteiger partial charge is 0.307 e. The highest BCUT2D eigenvalue weighted by Gasteiger charge is 2.21. The van der Waals surface area contributed by atoms with Gasteiger partial charge in [0.25, 0.3) is 5.69 Å². The molecule has 1 N–H and O–H groups in total. The Morgan fingerprint density at radius 2 is 1.97 bits per heavy atom. The van der Waals surface area contributed by atoms with E-state index in [4.69, 9.17) is 0 Å². The first kappa shape index (κ1) is 20.4. The molecule has 0 aliphatic carbocycles. The second-order valence-electron chi connectivity index (χ2n) is 6.79. The first-order valence-electron chi connectivity index (χ1n) is 9.55. The SMILES string of the molecule is C=CCn1c(NC(=O)C=Cc2cccc([N+](=O)[O-])c2)c(C#N)c2nc3ccccc3nc21. The zero-order valence-electron chi connectivity index (χ0n) is 16.7. The second-order valence-corrected chi connectivity index (χ2v) is 6.79. The van der Waals surface area contributed by atoms with Gasteiger partial charge in [0.05, 0.1) is 16.0 Å². The van der Waals surface area contributed by atoms with Crippen LogP contribution in [0.25, 0.3) is 28.3 Å². The average Bonchev–Trinajstić information content (AvgIpc) is 3.07. The maximum absolute atomic E-state index is 12.6. The molecule has 0 aliphatic rings. The predicted octanol–water partition coefficient (Wildman–Crippen LogP) is 4.20. The number of anilines is 1. The number of allylic oxidation sites excluding steroid dienone is 1. The predicted molar refractivity (Wildman–Crippen MR) is 121 cm³/mol. The van der Waals surface area contributed by atoms with Crippen molar-refractivity contribution in [1.82, 2.24) is 14.5 Å². The molecule has 0 saturated carbocycles. The van der Waals surface area contributed by atoms with E-state index in [2.05, 4.69) is 27.9 Å². The molecule has 0 spiro atoms. The van der Waals surface area contributed by atoms with E-state index in [0.29, 0.717) is 34.3 Å². The molecule has 0 unspecified atom stereocenters. The smallest absolute Gasteiger partial charge is 0.270 e. The summed E-state index contributed by atoms with van der Waals surface area (Å²) in [5.41, 5.74) is 2.75. The van der Waals surface area contributed by atoms with Crippen LogP contribution in [0.3, 0.4) is 0 Å². The van der Waals surface area contributed by atoms with Gasteiger partial charge < -0.3 is 9.88 Å². The Bertz CT molecular complexity index is 1460. The van der Waals surface area contributed by atoms with Gasteiger partial charge in [0.2, 0.25) is 5.91 Å². The number of nitro benzene ring substituents is 1. The van der Waals surface area contributed by atoms with Gasteiger partial charge in [-0.05, 0) is 23.8 Å². The van der Waals surface area contributed by atoms with Crippen molar-refractivity contribution in [2.45, 2.75) is 6.54 Å². The van der Waals surface area contributed by atoms with Gasteiger partial charge in [-0.3, -0.25) is 14.9 Å². The minimum absolute atomic E-state index is 0.0744. The molecule has 9 nitrogen and oxygen atoms in total. The Morgan fingerprint density at radius 1 is 1.22 bits per heavy atom. The van der Waals surface area contributed by atoms with Gasteiger partial charge in [0.1, 0.15) is 23.0 Å². The molecule has 9 heteroatoms. The summed E-state index contributed by atoms with van der Waals surface area (Å²) < 4.78 is 1.67. The van der Waals surface area contributed by atoms with Crippen LogP contribution in [0.4, 0.5) is 11.5 Å². The number of amides is 1. The highest BCUT2D eigenvalue weighted by Crippen LogP contribution is 2.29. The van der Waals surface area contributed by atoms with E-state index in [-0.39, 0.29) is 17.1 Å². The van der Waals surface area contributed by atoms with Crippen LogP contribution in [0.2, 0.25) is 0 Å². The van der Waals surface area contributed by atoms with Crippen LogP contribution in [-0.2, 0) is 11.3 Å². The summed E-state index contributed by atoms with van der Waals surface area (Å²) in [6.45, 7) is 4.05. The van der Waals surface area contributed by atoms with Crippen molar-refractivity contribution in [3.05, 3.63) is 88.5 Å². The lowest BCUT2D eigenvalue weighted by Gasteiger charge is -2.08. The molecule has 0 saturated heterocycles. The molecule has 4 aromatic rings. The summed E-state index contributed by atoms with van der Waals surface area (Å²) in [4.78, 5) is 32.2. The van der Waals surface area contributed by atoms with Crippen molar-refractivity contribution in [2.75, 3.05) is 5.32 Å². The third-order valence-electron chi connectivity index (χ3n) is 4.72. The molecule has 1 amide bonds. The number of aromatic nitrogens is 3. The zero-order valence-corrected chi connectivity index (χ0v) is 16.7. The van der Waals surface area contributed by atoms with Crippen LogP contribution in [0.1, 0.15) is 11.1 Å². The third kappa shape index (κ3) is 3.80. The number of para-hydroxylation sites is 2. The van der Waals surface area contributed by atoms with E-state index in [0.717, 1.165) is 0 Å². The molecule has 0 fully saturated rings. The molecule has 0 aliphatic heterocycles. The van der Waals surface area contributed by atoms with E-state index in [1.165, 1.54) is 30.4 Å². The lowest BCUT2D eigenvalue weighted by Crippen LogP contribution is -2.13. The number of carbonyl (C=O) groups excluding carboxylic acids is 1. The lowest BCUT2D eigenvalue weighted by atomic mass is 10.2. The van der Waals surface area contributed by atoms with Crippen LogP contribution in [-0.4, -0.2) is 25.4 Å². The molecule has 2 aromatic carbocycles. The summed E-state index contributed by atoms with van der Waals surface area (Å²) >= 11 is 0. The van der Waals surface area contributed by atoms with Gasteiger partial charge in [-0.25, -0.2) is 9.97 Å². The standard InChI is InChI=1S/C23H16N6O3/c1-2-12-28-22(27-20(30)11-10-15-6-5-7-16(13-15)29(31)32)17(14-24)21-23(28)26-19-9-4-3-8-18(19)25-21/h2-11,13H,1,12H2,(H,27,30). The maximum atomic E-state index is 12.6. The topological polar surface area (TPSA) is 127 Å². The molecule has 2 heterocycles. The Hall–Kier alpha value is -4.84. The quantitative estimate of drug-likeness (QED) is 0.214. The highest BCUT2D eigenvalue weighted by atomic mass is 16.6. The van der Waals surface area contributed by atoms with Crippen LogP contribution in [0.15, 0.2) is 67.3 Å². The van der Waals surface area contributed by atoms with Gasteiger partial charge in [-0.2, -0.15) is 5.26 Å². The first-order chi connectivity index (χ1) is 15.5. The molecule has 156 valence electrons. The van der Waals surface area contributed by atoms with Crippen LogP contribution in [0.5, 0.6) is 0 Å². The van der Waals surface area contributed by atoms with Crippen LogP contribution < -0.4 is 5.32 Å². The number of benzene rings is 2. The van der Waals surface area contributed by atoms with Crippen molar-refractivity contribution in [3.8, 4) is 6.07 Å². The van der Waals surface area contributed by atoms with E-state index < -0.39 is 10.8 Å². The number of rotatable bonds is 6. The van der Waals surface area contributed by atoms with E-state index in [1.54, 1.807) is 22.8 Å². The summed E-state index contributed by atoms with van der Waals surface area (Å²) in [7, 11) is 0. The number of carbonyl (C=O) groups is 1. The number of nitro groups is 1. The summed E-state index contributed by atoms with van der Waals surface area (Å²) in [6, 6.07) is 15.3. The summed E-state index contributed by atoms with van der Waals surface area (Å²) in [6.07, 6.45) is 4.33. The molecule has 2 aromatic heterocycles. The maximum Gasteiger partial charge on any atom is 0.270 e. The van der Waals surface area contributed by atoms with Gasteiger partial charge in [-0.1, -0.05) is 30.3 Å². The average molecular weight is 424 g/mol. The van der Waals surface area contributed by atoms with Crippen LogP contribution in [0, 0.1) is 21.4 Å². The molecule has 4 rings (SSSR count). The van der Waals surface area contributed by atoms with Gasteiger partial charge in [0, 0.05) is 24.8 Å². The molecule has 32 heavy (non-hydrogen) atoms. The lowest BCUT2D eigenvalue weighted by molar-refractivity contribution is -0.384. The number of nitriles is 1. The van der Waals surface area contributed by atoms with Crippen molar-refractivity contribution < 1.29 is 9.72 Å². The summed E-state index contributed by atoms with van der Waals surface area (Å²) in [5.74, 6) is -0.253. The van der Waals surface area contributed by atoms with E-state index in [9.17, 15) is 20.2 Å². The third-order valence-corrected chi connectivity index (χ3v) is 4.72. The molecule has 0 atom stereocenters. The van der Waals surface area contributed by atoms with Crippen molar-refractivity contribution in [1.29, 1.82) is 5.26 Å². The minimum Gasteiger partial charge on any atom is -0.307 e. The number of hydrogen-bond donors (Lipinski definition) is 1. The van der Waals surface area contributed by atoms with Crippen LogP contribution >= 0.6 is 0 Å². The van der Waals surface area contributed by atoms with Crippen molar-refractivity contribution in [3.63, 3.8) is 0 Å². The fraction of sp³-hybridized carbons (Fsp3) is 0.0435. The van der Waals surface area contributed by atoms with Gasteiger partial charge in [0.15, 0.2) is 5.65 Å². The van der Waals surface area contributed by atoms with Gasteiger partial charge >= 0.3 is 0 Å². The molecular formula is C23H16N6O3. The number of nitrogens with one attached hydrogen (secondary N) is 1. The molecule has 0 bridgehead atoms. The fourth-order valence-electron chi connectivity index (χ4n) is 3.31. The molecular weight excluding hydrogens is 408 g/mol. The van der Waals surface area contributed by atoms with Crippen molar-refractivity contribution in [2.24, 2.45) is 0 Å². The highest BCUT2D eigenvalue weighted by molar-refractivity contribution is 6.05. The minimum atomic E-state index is -0.509. The normalized spacial score (nSPS) is 11.0. The number of non-ortho nitro benzene ring substituents is 1. The van der Waals surface area contributed by atoms with E-state index in [1.807, 2.05) is 18.2 Å². The Morgan fingerprint density at radius 3 is 2.66 bits per heavy atom. The monoisotopic (exact) mass is 424 g/mol. The Labute approximate surface area is 182 Å². The van der Waals surface area contributed by atoms with Crippen molar-refractivity contribution >= 4 is 45.7 Å². The second kappa shape index (κ2) is 8.49. The number of hydrogen-bond acceptors (Lipinski definition) is 6. The summed E-state index contributed by atoms with van der Waals surface area (Å²) in [5, 5.41) is 23.4. The molecule has 0 radical (unpaired) electrons. The Balaban J connectivity index is 1.74. The van der Waals surface area contributed by atoms with Gasteiger partial charge in [-0.15, -0.1) is 6.58 Å². The number of fused-ring (bicyclic) bond motifs is 2. The first-order valence-corrected chi connectivity index (χ1v) is 9.55. The number of nitrogens with zero attached hydrogens (tertiary/aromatic N) is 5.